The third kappa shape index (κ3) is 5.00. The minimum atomic E-state index is 0.588. The molecule has 154 valence electrons. The number of anilines is 2. The Morgan fingerprint density at radius 2 is 1.66 bits per heavy atom. The molecule has 3 nitrogen and oxygen atoms in total. The molecule has 0 amide bonds. The van der Waals surface area contributed by atoms with Crippen molar-refractivity contribution in [2.45, 2.75) is 0 Å². The summed E-state index contributed by atoms with van der Waals surface area (Å²) in [5.74, 6) is 1.03. The summed E-state index contributed by atoms with van der Waals surface area (Å²) in [6, 6.07) is 12.1. The van der Waals surface area contributed by atoms with Crippen molar-refractivity contribution in [2.24, 2.45) is 0 Å². The maximum Gasteiger partial charge on any atom is 0.0612 e. The zero-order chi connectivity index (χ0) is 20.4. The topological polar surface area (TPSA) is 9.72 Å². The van der Waals surface area contributed by atoms with Crippen LogP contribution in [0.25, 0.3) is 6.08 Å². The van der Waals surface area contributed by atoms with Crippen LogP contribution >= 0.6 is 46.6 Å². The van der Waals surface area contributed by atoms with E-state index in [9.17, 15) is 0 Å². The molecule has 2 aliphatic heterocycles. The third-order valence-corrected chi connectivity index (χ3v) is 7.52. The molecule has 2 heterocycles. The largest absolute Gasteiger partial charge is 0.368 e. The fourth-order valence-electron chi connectivity index (χ4n) is 3.74. The Morgan fingerprint density at radius 1 is 0.862 bits per heavy atom. The van der Waals surface area contributed by atoms with Gasteiger partial charge in [0, 0.05) is 71.9 Å². The molecule has 2 fully saturated rings. The van der Waals surface area contributed by atoms with Gasteiger partial charge in [0.15, 0.2) is 0 Å². The predicted molar refractivity (Wildman–Crippen MR) is 130 cm³/mol. The van der Waals surface area contributed by atoms with Crippen LogP contribution in [0, 0.1) is 0 Å². The summed E-state index contributed by atoms with van der Waals surface area (Å²) in [7, 11) is 2.18. The van der Waals surface area contributed by atoms with Gasteiger partial charge in [-0.25, -0.2) is 0 Å². The normalized spacial score (nSPS) is 19.8. The lowest BCUT2D eigenvalue weighted by atomic mass is 10.1. The first kappa shape index (κ1) is 21.2. The van der Waals surface area contributed by atoms with Gasteiger partial charge in [0.25, 0.3) is 0 Å². The number of thioether (sulfide) groups is 1. The number of hydrogen-bond donors (Lipinski definition) is 0. The molecule has 0 aromatic heterocycles. The molecule has 0 unspecified atom stereocenters. The maximum absolute atomic E-state index is 6.65. The highest BCUT2D eigenvalue weighted by molar-refractivity contribution is 8.03. The molecule has 29 heavy (non-hydrogen) atoms. The summed E-state index contributed by atoms with van der Waals surface area (Å²) < 4.78 is 0. The molecule has 2 aliphatic rings. The van der Waals surface area contributed by atoms with Crippen molar-refractivity contribution in [2.75, 3.05) is 61.9 Å². The molecule has 0 radical (unpaired) electrons. The Morgan fingerprint density at radius 3 is 2.41 bits per heavy atom. The average Bonchev–Trinajstić information content (AvgIpc) is 2.72. The van der Waals surface area contributed by atoms with Crippen molar-refractivity contribution in [3.63, 3.8) is 0 Å². The minimum absolute atomic E-state index is 0.588. The third-order valence-electron chi connectivity index (χ3n) is 5.44. The number of likely N-dealkylation sites (N-methyl/N-ethyl adjacent to an activating group) is 1. The maximum atomic E-state index is 6.65. The molecule has 2 aromatic rings. The monoisotopic (exact) mass is 467 g/mol. The zero-order valence-corrected chi connectivity index (χ0v) is 19.5. The molecule has 0 spiro atoms. The van der Waals surface area contributed by atoms with Gasteiger partial charge in [-0.1, -0.05) is 40.9 Å². The van der Waals surface area contributed by atoms with Gasteiger partial charge < -0.3 is 14.7 Å². The molecule has 2 saturated heterocycles. The van der Waals surface area contributed by atoms with Gasteiger partial charge in [0.2, 0.25) is 0 Å². The molecule has 0 bridgehead atoms. The fourth-order valence-corrected chi connectivity index (χ4v) is 5.28. The van der Waals surface area contributed by atoms with Crippen LogP contribution in [0.5, 0.6) is 0 Å². The van der Waals surface area contributed by atoms with E-state index in [-0.39, 0.29) is 0 Å². The van der Waals surface area contributed by atoms with Gasteiger partial charge in [-0.3, -0.25) is 0 Å². The Kier molecular flexibility index (Phi) is 6.87. The first-order valence-electron chi connectivity index (χ1n) is 9.76. The second-order valence-electron chi connectivity index (χ2n) is 7.44. The first-order chi connectivity index (χ1) is 14.0. The van der Waals surface area contributed by atoms with Crippen LogP contribution in [0.1, 0.15) is 5.56 Å². The van der Waals surface area contributed by atoms with E-state index in [1.165, 1.54) is 10.6 Å². The lowest BCUT2D eigenvalue weighted by Gasteiger charge is -2.35. The molecule has 0 saturated carbocycles. The number of benzene rings is 2. The Bertz CT molecular complexity index is 910. The van der Waals surface area contributed by atoms with Gasteiger partial charge in [-0.15, -0.1) is 11.8 Å². The minimum Gasteiger partial charge on any atom is -0.368 e. The number of halogens is 3. The lowest BCUT2D eigenvalue weighted by Crippen LogP contribution is -2.44. The van der Waals surface area contributed by atoms with Crippen molar-refractivity contribution in [1.29, 1.82) is 0 Å². The number of piperazine rings is 1. The standard InChI is InChI=1S/C22H24Cl3N3S/c1-26-7-9-27(10-8-26)22-4-2-3-19(23)18(22)14-17-15-28(11-12-29-17)16-5-6-20(24)21(25)13-16/h2-6,13-14H,7-12,15H2,1H3. The van der Waals surface area contributed by atoms with Gasteiger partial charge in [0.1, 0.15) is 0 Å². The molecule has 4 rings (SSSR count). The molecule has 0 N–H and O–H groups in total. The summed E-state index contributed by atoms with van der Waals surface area (Å²) in [5, 5.41) is 1.99. The molecule has 7 heteroatoms. The van der Waals surface area contributed by atoms with Crippen molar-refractivity contribution in [3.8, 4) is 0 Å². The number of hydrogen-bond acceptors (Lipinski definition) is 4. The van der Waals surface area contributed by atoms with Crippen LogP contribution in [-0.4, -0.2) is 57.0 Å². The summed E-state index contributed by atoms with van der Waals surface area (Å²) >= 11 is 20.9. The quantitative estimate of drug-likeness (QED) is 0.547. The Labute approximate surface area is 192 Å². The van der Waals surface area contributed by atoms with Crippen molar-refractivity contribution >= 4 is 64.0 Å². The van der Waals surface area contributed by atoms with Crippen LogP contribution in [0.4, 0.5) is 11.4 Å². The molecular formula is C22H24Cl3N3S. The number of rotatable bonds is 3. The highest BCUT2D eigenvalue weighted by Gasteiger charge is 2.20. The van der Waals surface area contributed by atoms with Crippen LogP contribution < -0.4 is 9.80 Å². The smallest absolute Gasteiger partial charge is 0.0612 e. The van der Waals surface area contributed by atoms with Gasteiger partial charge in [-0.05, 0) is 43.5 Å². The summed E-state index contributed by atoms with van der Waals surface area (Å²) in [5.41, 5.74) is 3.45. The zero-order valence-electron chi connectivity index (χ0n) is 16.4. The highest BCUT2D eigenvalue weighted by atomic mass is 35.5. The van der Waals surface area contributed by atoms with Gasteiger partial charge in [0.05, 0.1) is 10.0 Å². The average molecular weight is 469 g/mol. The first-order valence-corrected chi connectivity index (χ1v) is 11.9. The van der Waals surface area contributed by atoms with Gasteiger partial charge >= 0.3 is 0 Å². The second-order valence-corrected chi connectivity index (χ2v) is 9.88. The Balaban J connectivity index is 1.59. The fraction of sp³-hybridized carbons (Fsp3) is 0.364. The van der Waals surface area contributed by atoms with E-state index in [2.05, 4.69) is 33.9 Å². The van der Waals surface area contributed by atoms with E-state index in [0.717, 1.165) is 61.3 Å². The lowest BCUT2D eigenvalue weighted by molar-refractivity contribution is 0.313. The van der Waals surface area contributed by atoms with E-state index in [4.69, 9.17) is 34.8 Å². The Hall–Kier alpha value is -1.04. The SMILES string of the molecule is CN1CCN(c2cccc(Cl)c2C=C2CN(c3ccc(Cl)c(Cl)c3)CCS2)CC1. The van der Waals surface area contributed by atoms with E-state index in [0.29, 0.717) is 10.0 Å². The van der Waals surface area contributed by atoms with Crippen LogP contribution in [0.15, 0.2) is 41.3 Å². The summed E-state index contributed by atoms with van der Waals surface area (Å²) in [4.78, 5) is 8.47. The second kappa shape index (κ2) is 9.40. The van der Waals surface area contributed by atoms with Crippen LogP contribution in [-0.2, 0) is 0 Å². The van der Waals surface area contributed by atoms with Gasteiger partial charge in [-0.2, -0.15) is 0 Å². The van der Waals surface area contributed by atoms with Crippen molar-refractivity contribution < 1.29 is 0 Å². The van der Waals surface area contributed by atoms with Crippen molar-refractivity contribution in [3.05, 3.63) is 61.9 Å². The molecular weight excluding hydrogens is 445 g/mol. The highest BCUT2D eigenvalue weighted by Crippen LogP contribution is 2.36. The summed E-state index contributed by atoms with van der Waals surface area (Å²) in [6.45, 7) is 6.01. The molecule has 0 aliphatic carbocycles. The van der Waals surface area contributed by atoms with E-state index >= 15 is 0 Å². The van der Waals surface area contributed by atoms with Crippen LogP contribution in [0.3, 0.4) is 0 Å². The van der Waals surface area contributed by atoms with E-state index in [1.54, 1.807) is 0 Å². The van der Waals surface area contributed by atoms with Crippen molar-refractivity contribution in [1.82, 2.24) is 4.90 Å². The summed E-state index contributed by atoms with van der Waals surface area (Å²) in [6.07, 6.45) is 2.27. The predicted octanol–water partition coefficient (Wildman–Crippen LogP) is 5.99. The van der Waals surface area contributed by atoms with E-state index < -0.39 is 0 Å². The van der Waals surface area contributed by atoms with Crippen LogP contribution in [0.2, 0.25) is 15.1 Å². The van der Waals surface area contributed by atoms with E-state index in [1.807, 2.05) is 42.1 Å². The molecule has 0 atom stereocenters. The molecule has 2 aromatic carbocycles. The number of nitrogens with zero attached hydrogens (tertiary/aromatic N) is 3.